The highest BCUT2D eigenvalue weighted by Gasteiger charge is 2.34. The first kappa shape index (κ1) is 22.3. The van der Waals surface area contributed by atoms with Crippen molar-refractivity contribution >= 4 is 40.2 Å². The Kier molecular flexibility index (Phi) is 5.73. The second-order valence-corrected chi connectivity index (χ2v) is 8.37. The zero-order valence-electron chi connectivity index (χ0n) is 19.0. The van der Waals surface area contributed by atoms with E-state index in [2.05, 4.69) is 19.9 Å². The van der Waals surface area contributed by atoms with Crippen LogP contribution in [0.3, 0.4) is 0 Å². The molecule has 3 aromatic rings. The van der Waals surface area contributed by atoms with Gasteiger partial charge in [-0.2, -0.15) is 0 Å². The number of carbonyl (C=O) groups excluding carboxylic acids is 3. The van der Waals surface area contributed by atoms with E-state index in [-0.39, 0.29) is 43.0 Å². The molecule has 2 aliphatic heterocycles. The van der Waals surface area contributed by atoms with Crippen molar-refractivity contribution in [3.8, 4) is 0 Å². The molecule has 0 aromatic carbocycles. The maximum absolute atomic E-state index is 13.2. The second-order valence-electron chi connectivity index (χ2n) is 8.37. The molecule has 0 aliphatic carbocycles. The monoisotopic (exact) mass is 473 g/mol. The second kappa shape index (κ2) is 9.01. The normalized spacial score (nSPS) is 18.0. The average molecular weight is 473 g/mol. The van der Waals surface area contributed by atoms with Crippen LogP contribution in [0.15, 0.2) is 60.2 Å². The van der Waals surface area contributed by atoms with Gasteiger partial charge in [-0.15, -0.1) is 0 Å². The molecule has 35 heavy (non-hydrogen) atoms. The molecule has 0 unspecified atom stereocenters. The summed E-state index contributed by atoms with van der Waals surface area (Å²) in [4.78, 5) is 59.3. The Labute approximate surface area is 200 Å². The Bertz CT molecular complexity index is 1360. The van der Waals surface area contributed by atoms with Gasteiger partial charge in [0.1, 0.15) is 12.2 Å². The summed E-state index contributed by atoms with van der Waals surface area (Å²) >= 11 is 0. The van der Waals surface area contributed by atoms with Gasteiger partial charge in [-0.25, -0.2) is 9.98 Å². The van der Waals surface area contributed by atoms with Crippen LogP contribution < -0.4 is 4.90 Å². The highest BCUT2D eigenvalue weighted by Crippen LogP contribution is 2.28. The third-order valence-corrected chi connectivity index (χ3v) is 6.13. The number of aliphatic imine (C=N–C) groups is 1. The molecule has 0 spiro atoms. The zero-order valence-corrected chi connectivity index (χ0v) is 19.0. The van der Waals surface area contributed by atoms with Gasteiger partial charge in [-0.1, -0.05) is 6.07 Å². The number of aromatic nitrogens is 3. The fourth-order valence-electron chi connectivity index (χ4n) is 4.38. The van der Waals surface area contributed by atoms with Crippen molar-refractivity contribution in [2.24, 2.45) is 4.99 Å². The summed E-state index contributed by atoms with van der Waals surface area (Å²) in [5.74, 6) is -1.01. The lowest BCUT2D eigenvalue weighted by Gasteiger charge is -2.39. The molecule has 0 bridgehead atoms. The maximum Gasteiger partial charge on any atom is 0.295 e. The molecule has 0 saturated carbocycles. The lowest BCUT2D eigenvalue weighted by molar-refractivity contribution is -0.128. The Balaban J connectivity index is 1.32. The fraction of sp³-hybridized carbons (Fsp3) is 0.250. The van der Waals surface area contributed by atoms with E-state index >= 15 is 0 Å². The first-order chi connectivity index (χ1) is 16.9. The van der Waals surface area contributed by atoms with Gasteiger partial charge in [0.25, 0.3) is 17.6 Å². The number of ketones is 1. The summed E-state index contributed by atoms with van der Waals surface area (Å²) in [5.41, 5.74) is 1.16. The molecule has 5 heterocycles. The van der Waals surface area contributed by atoms with Crippen molar-refractivity contribution < 1.29 is 19.5 Å². The number of carbonyl (C=O) groups is 3. The summed E-state index contributed by atoms with van der Waals surface area (Å²) < 4.78 is 0. The summed E-state index contributed by atoms with van der Waals surface area (Å²) in [7, 11) is 0. The number of hydrogen-bond acceptors (Lipinski definition) is 7. The van der Waals surface area contributed by atoms with Crippen molar-refractivity contribution in [3.05, 3.63) is 66.5 Å². The van der Waals surface area contributed by atoms with Gasteiger partial charge in [-0.3, -0.25) is 19.4 Å². The summed E-state index contributed by atoms with van der Waals surface area (Å²) in [6, 6.07) is 6.55. The van der Waals surface area contributed by atoms with Crippen LogP contribution in [0.2, 0.25) is 0 Å². The topological polar surface area (TPSA) is 135 Å². The number of anilines is 1. The molecule has 5 rings (SSSR count). The van der Waals surface area contributed by atoms with Gasteiger partial charge >= 0.3 is 0 Å². The maximum atomic E-state index is 13.2. The number of H-pyrrole nitrogens is 1. The molecular weight excluding hydrogens is 450 g/mol. The van der Waals surface area contributed by atoms with E-state index in [1.54, 1.807) is 52.7 Å². The molecule has 11 heteroatoms. The van der Waals surface area contributed by atoms with E-state index in [4.69, 9.17) is 0 Å². The minimum Gasteiger partial charge on any atom is -0.495 e. The van der Waals surface area contributed by atoms with E-state index in [1.165, 1.54) is 17.3 Å². The van der Waals surface area contributed by atoms with E-state index in [0.717, 1.165) is 0 Å². The van der Waals surface area contributed by atoms with Crippen molar-refractivity contribution in [3.63, 3.8) is 0 Å². The van der Waals surface area contributed by atoms with Crippen LogP contribution >= 0.6 is 0 Å². The summed E-state index contributed by atoms with van der Waals surface area (Å²) in [6.45, 7) is 2.79. The van der Waals surface area contributed by atoms with Crippen molar-refractivity contribution in [2.45, 2.75) is 13.0 Å². The average Bonchev–Trinajstić information content (AvgIpc) is 3.32. The molecule has 11 nitrogen and oxygen atoms in total. The number of nitrogens with one attached hydrogen (secondary N) is 1. The number of aromatic amines is 1. The van der Waals surface area contributed by atoms with Crippen LogP contribution in [-0.2, 0) is 4.79 Å². The van der Waals surface area contributed by atoms with Crippen LogP contribution in [0, 0.1) is 0 Å². The molecule has 2 aliphatic rings. The predicted octanol–water partition coefficient (Wildman–Crippen LogP) is 1.76. The van der Waals surface area contributed by atoms with E-state index in [0.29, 0.717) is 29.0 Å². The summed E-state index contributed by atoms with van der Waals surface area (Å²) in [5, 5.41) is 10.3. The molecular formula is C24H23N7O4. The largest absolute Gasteiger partial charge is 0.495 e. The molecule has 1 fully saturated rings. The molecule has 2 amide bonds. The minimum absolute atomic E-state index is 0.0564. The quantitative estimate of drug-likeness (QED) is 0.435. The summed E-state index contributed by atoms with van der Waals surface area (Å²) in [6.07, 6.45) is 7.74. The van der Waals surface area contributed by atoms with Crippen molar-refractivity contribution in [1.29, 1.82) is 0 Å². The van der Waals surface area contributed by atoms with E-state index < -0.39 is 11.7 Å². The number of fused-ring (bicyclic) bond motifs is 1. The number of nitrogens with zero attached hydrogens (tertiary/aromatic N) is 6. The van der Waals surface area contributed by atoms with Crippen molar-refractivity contribution in [1.82, 2.24) is 24.8 Å². The molecule has 2 N–H and O–H groups in total. The number of Topliss-reactive ketones (excluding diaryl/α,β-unsaturated/α-hetero) is 1. The predicted molar refractivity (Wildman–Crippen MR) is 128 cm³/mol. The number of rotatable bonds is 4. The fourth-order valence-corrected chi connectivity index (χ4v) is 4.38. The number of aliphatic hydroxyl groups excluding tert-OH is 1. The lowest BCUT2D eigenvalue weighted by Crippen LogP contribution is -2.56. The van der Waals surface area contributed by atoms with Gasteiger partial charge in [0, 0.05) is 62.1 Å². The molecule has 1 atom stereocenters. The van der Waals surface area contributed by atoms with Crippen LogP contribution in [-0.4, -0.2) is 85.6 Å². The van der Waals surface area contributed by atoms with E-state index in [1.807, 2.05) is 6.92 Å². The SMILES string of the molecule is C[C@@H]1CN(C(=O)C(=O)c2c[nH]c3c(N4C=CN=C(O)C4)nccc23)CCN1C(=O)c1ccccn1. The van der Waals surface area contributed by atoms with Crippen LogP contribution in [0.4, 0.5) is 5.82 Å². The van der Waals surface area contributed by atoms with Gasteiger partial charge in [0.05, 0.1) is 11.1 Å². The Morgan fingerprint density at radius 1 is 1.11 bits per heavy atom. The minimum atomic E-state index is -0.635. The highest BCUT2D eigenvalue weighted by molar-refractivity contribution is 6.45. The van der Waals surface area contributed by atoms with Gasteiger partial charge < -0.3 is 24.8 Å². The Hall–Kier alpha value is -4.54. The number of amides is 2. The number of pyridine rings is 2. The highest BCUT2D eigenvalue weighted by atomic mass is 16.3. The number of aliphatic hydroxyl groups is 1. The Morgan fingerprint density at radius 3 is 2.71 bits per heavy atom. The number of hydrogen-bond donors (Lipinski definition) is 2. The van der Waals surface area contributed by atoms with Gasteiger partial charge in [0.15, 0.2) is 5.82 Å². The smallest absolute Gasteiger partial charge is 0.295 e. The lowest BCUT2D eigenvalue weighted by atomic mass is 10.1. The zero-order chi connectivity index (χ0) is 24.5. The van der Waals surface area contributed by atoms with Crippen molar-refractivity contribution in [2.75, 3.05) is 31.1 Å². The first-order valence-corrected chi connectivity index (χ1v) is 11.1. The third-order valence-electron chi connectivity index (χ3n) is 6.13. The molecule has 178 valence electrons. The standard InChI is InChI=1S/C24H23N7O4/c1-15-13-30(10-11-31(15)23(34)18-4-2-3-6-25-18)24(35)21(33)17-12-28-20-16(17)5-7-27-22(20)29-9-8-26-19(32)14-29/h2-9,12,15,28H,10-11,13-14H2,1H3,(H,26,32)/t15-/m1/s1. The molecule has 0 radical (unpaired) electrons. The first-order valence-electron chi connectivity index (χ1n) is 11.1. The molecule has 3 aromatic heterocycles. The third kappa shape index (κ3) is 4.12. The van der Waals surface area contributed by atoms with Gasteiger partial charge in [-0.05, 0) is 25.1 Å². The van der Waals surface area contributed by atoms with Crippen LogP contribution in [0.1, 0.15) is 27.8 Å². The number of piperazine rings is 1. The van der Waals surface area contributed by atoms with E-state index in [9.17, 15) is 19.5 Å². The van der Waals surface area contributed by atoms with Crippen LogP contribution in [0.5, 0.6) is 0 Å². The van der Waals surface area contributed by atoms with Gasteiger partial charge in [0.2, 0.25) is 5.90 Å². The molecule has 1 saturated heterocycles. The Morgan fingerprint density at radius 2 is 1.97 bits per heavy atom. The van der Waals surface area contributed by atoms with Crippen LogP contribution in [0.25, 0.3) is 10.9 Å².